The van der Waals surface area contributed by atoms with E-state index in [2.05, 4.69) is 19.8 Å². The Hall–Kier alpha value is -4.14. The number of fused-ring (bicyclic) bond motifs is 1. The number of benzene rings is 3. The Kier molecular flexibility index (Phi) is 6.62. The number of carbonyl (C=O) groups is 1. The van der Waals surface area contributed by atoms with E-state index in [-0.39, 0.29) is 5.56 Å². The lowest BCUT2D eigenvalue weighted by Crippen LogP contribution is -2.33. The minimum Gasteiger partial charge on any atom is -0.428 e. The highest BCUT2D eigenvalue weighted by Gasteiger charge is 2.43. The van der Waals surface area contributed by atoms with E-state index in [1.165, 1.54) is 18.3 Å². The number of hydrazone groups is 1. The Bertz CT molecular complexity index is 1300. The molecular weight excluding hydrogens is 450 g/mol. The predicted molar refractivity (Wildman–Crippen MR) is 121 cm³/mol. The zero-order valence-electron chi connectivity index (χ0n) is 17.7. The van der Waals surface area contributed by atoms with Crippen molar-refractivity contribution in [3.05, 3.63) is 102 Å². The fraction of sp³-hybridized carbons (Fsp3) is 0.120. The van der Waals surface area contributed by atoms with Crippen LogP contribution in [0.15, 0.2) is 90.2 Å². The number of carbonyl (C=O) groups excluding carboxylic acids is 1. The number of nitrogens with one attached hydrogen (secondary N) is 1. The molecule has 1 aromatic heterocycles. The van der Waals surface area contributed by atoms with Crippen LogP contribution in [0.3, 0.4) is 0 Å². The third-order valence-electron chi connectivity index (χ3n) is 5.01. The van der Waals surface area contributed by atoms with Gasteiger partial charge in [-0.1, -0.05) is 48.5 Å². The molecule has 4 aromatic rings. The second kappa shape index (κ2) is 9.78. The minimum absolute atomic E-state index is 0.0939. The summed E-state index contributed by atoms with van der Waals surface area (Å²) in [6, 6.07) is 22.1. The fourth-order valence-electron chi connectivity index (χ4n) is 3.39. The van der Waals surface area contributed by atoms with Crippen LogP contribution >= 0.6 is 0 Å². The normalized spacial score (nSPS) is 11.9. The summed E-state index contributed by atoms with van der Waals surface area (Å²) in [6.45, 7) is 0.667. The highest BCUT2D eigenvalue weighted by Crippen LogP contribution is 2.27. The zero-order valence-corrected chi connectivity index (χ0v) is 17.7. The maximum atomic E-state index is 13.0. The van der Waals surface area contributed by atoms with E-state index in [9.17, 15) is 22.4 Å². The van der Waals surface area contributed by atoms with Crippen LogP contribution in [0.1, 0.15) is 21.5 Å². The maximum Gasteiger partial charge on any atom is 0.461 e. The van der Waals surface area contributed by atoms with E-state index >= 15 is 0 Å². The molecule has 0 saturated heterocycles. The van der Waals surface area contributed by atoms with Gasteiger partial charge in [0.2, 0.25) is 0 Å². The molecule has 0 atom stereocenters. The van der Waals surface area contributed by atoms with Crippen molar-refractivity contribution in [2.24, 2.45) is 5.10 Å². The molecule has 5 nitrogen and oxygen atoms in total. The fourth-order valence-corrected chi connectivity index (χ4v) is 3.39. The molecule has 174 valence electrons. The summed E-state index contributed by atoms with van der Waals surface area (Å²) in [6.07, 6.45) is -5.14. The molecule has 1 amide bonds. The maximum absolute atomic E-state index is 13.0. The molecular formula is C25H19F4N3O2. The van der Waals surface area contributed by atoms with E-state index in [0.717, 1.165) is 34.2 Å². The van der Waals surface area contributed by atoms with Crippen molar-refractivity contribution in [3.8, 4) is 5.75 Å². The molecule has 0 radical (unpaired) electrons. The molecule has 4 rings (SSSR count). The van der Waals surface area contributed by atoms with E-state index in [0.29, 0.717) is 6.54 Å². The zero-order chi connectivity index (χ0) is 24.1. The second-order valence-electron chi connectivity index (χ2n) is 7.40. The number of hydrogen-bond acceptors (Lipinski definition) is 3. The lowest BCUT2D eigenvalue weighted by molar-refractivity contribution is -0.253. The van der Waals surface area contributed by atoms with Gasteiger partial charge in [-0.25, -0.2) is 5.43 Å². The monoisotopic (exact) mass is 469 g/mol. The van der Waals surface area contributed by atoms with Gasteiger partial charge < -0.3 is 9.30 Å². The van der Waals surface area contributed by atoms with Gasteiger partial charge in [0.15, 0.2) is 0 Å². The number of alkyl halides is 4. The quantitative estimate of drug-likeness (QED) is 0.205. The summed E-state index contributed by atoms with van der Waals surface area (Å²) in [5.74, 6) is -1.09. The van der Waals surface area contributed by atoms with Gasteiger partial charge in [0.1, 0.15) is 5.75 Å². The first-order valence-electron chi connectivity index (χ1n) is 10.2. The van der Waals surface area contributed by atoms with Crippen LogP contribution in [0.25, 0.3) is 10.9 Å². The molecule has 34 heavy (non-hydrogen) atoms. The van der Waals surface area contributed by atoms with Crippen LogP contribution < -0.4 is 10.2 Å². The van der Waals surface area contributed by atoms with E-state index < -0.39 is 24.2 Å². The van der Waals surface area contributed by atoms with E-state index in [4.69, 9.17) is 0 Å². The van der Waals surface area contributed by atoms with Gasteiger partial charge in [-0.05, 0) is 35.9 Å². The van der Waals surface area contributed by atoms with Crippen LogP contribution in [-0.2, 0) is 6.54 Å². The third-order valence-corrected chi connectivity index (χ3v) is 5.01. The first kappa shape index (κ1) is 23.0. The lowest BCUT2D eigenvalue weighted by atomic mass is 10.2. The molecule has 0 unspecified atom stereocenters. The van der Waals surface area contributed by atoms with Crippen molar-refractivity contribution in [3.63, 3.8) is 0 Å². The summed E-state index contributed by atoms with van der Waals surface area (Å²) < 4.78 is 56.5. The molecule has 1 N–H and O–H groups in total. The SMILES string of the molecule is O=C(NN=Cc1cn(Cc2ccccc2)c2ccccc12)c1ccc(OC(F)(F)C(F)F)cc1. The summed E-state index contributed by atoms with van der Waals surface area (Å²) in [5, 5.41) is 4.96. The summed E-state index contributed by atoms with van der Waals surface area (Å²) in [7, 11) is 0. The van der Waals surface area contributed by atoms with Crippen molar-refractivity contribution < 1.29 is 27.1 Å². The third kappa shape index (κ3) is 5.25. The van der Waals surface area contributed by atoms with Crippen molar-refractivity contribution in [2.75, 3.05) is 0 Å². The molecule has 0 spiro atoms. The number of rotatable bonds is 8. The standard InChI is InChI=1S/C25H19F4N3O2/c26-24(27)25(28,29)34-20-12-10-18(11-13-20)23(33)31-30-14-19-16-32(15-17-6-2-1-3-7-17)22-9-5-4-8-21(19)22/h1-14,16,24H,15H2,(H,31,33). The van der Waals surface area contributed by atoms with Gasteiger partial charge in [0.25, 0.3) is 5.91 Å². The van der Waals surface area contributed by atoms with Crippen LogP contribution in [0, 0.1) is 0 Å². The Morgan fingerprint density at radius 2 is 1.68 bits per heavy atom. The molecule has 9 heteroatoms. The van der Waals surface area contributed by atoms with Gasteiger partial charge in [0.05, 0.1) is 6.21 Å². The average molecular weight is 469 g/mol. The van der Waals surface area contributed by atoms with Crippen LogP contribution in [-0.4, -0.2) is 29.2 Å². The first-order valence-corrected chi connectivity index (χ1v) is 10.2. The summed E-state index contributed by atoms with van der Waals surface area (Å²) >= 11 is 0. The van der Waals surface area contributed by atoms with Crippen molar-refractivity contribution in [1.29, 1.82) is 0 Å². The van der Waals surface area contributed by atoms with Gasteiger partial charge >= 0.3 is 12.5 Å². The van der Waals surface area contributed by atoms with Crippen LogP contribution in [0.5, 0.6) is 5.75 Å². The van der Waals surface area contributed by atoms with Gasteiger partial charge in [-0.3, -0.25) is 4.79 Å². The number of amides is 1. The molecule has 0 aliphatic heterocycles. The molecule has 0 fully saturated rings. The van der Waals surface area contributed by atoms with Crippen LogP contribution in [0.4, 0.5) is 17.6 Å². The Morgan fingerprint density at radius 1 is 1.00 bits per heavy atom. The van der Waals surface area contributed by atoms with E-state index in [1.54, 1.807) is 0 Å². The molecule has 3 aromatic carbocycles. The average Bonchev–Trinajstić information content (AvgIpc) is 3.17. The summed E-state index contributed by atoms with van der Waals surface area (Å²) in [5.41, 5.74) is 5.41. The van der Waals surface area contributed by atoms with Crippen molar-refractivity contribution >= 4 is 23.0 Å². The predicted octanol–water partition coefficient (Wildman–Crippen LogP) is 5.69. The number of ether oxygens (including phenoxy) is 1. The van der Waals surface area contributed by atoms with Crippen molar-refractivity contribution in [2.45, 2.75) is 19.1 Å². The largest absolute Gasteiger partial charge is 0.461 e. The summed E-state index contributed by atoms with van der Waals surface area (Å²) in [4.78, 5) is 12.3. The number of hydrogen-bond donors (Lipinski definition) is 1. The molecule has 0 saturated carbocycles. The molecule has 0 aliphatic carbocycles. The smallest absolute Gasteiger partial charge is 0.428 e. The highest BCUT2D eigenvalue weighted by atomic mass is 19.3. The number of nitrogens with zero attached hydrogens (tertiary/aromatic N) is 2. The van der Waals surface area contributed by atoms with E-state index in [1.807, 2.05) is 60.8 Å². The molecule has 0 aliphatic rings. The Labute approximate surface area is 192 Å². The number of aromatic nitrogens is 1. The molecule has 0 bridgehead atoms. The lowest BCUT2D eigenvalue weighted by Gasteiger charge is -2.16. The van der Waals surface area contributed by atoms with Crippen LogP contribution in [0.2, 0.25) is 0 Å². The van der Waals surface area contributed by atoms with Gasteiger partial charge in [-0.2, -0.15) is 22.7 Å². The topological polar surface area (TPSA) is 55.6 Å². The Morgan fingerprint density at radius 3 is 2.38 bits per heavy atom. The van der Waals surface area contributed by atoms with Crippen molar-refractivity contribution in [1.82, 2.24) is 9.99 Å². The number of halogens is 4. The Balaban J connectivity index is 1.45. The highest BCUT2D eigenvalue weighted by molar-refractivity contribution is 6.00. The first-order chi connectivity index (χ1) is 16.3. The van der Waals surface area contributed by atoms with Gasteiger partial charge in [-0.15, -0.1) is 0 Å². The van der Waals surface area contributed by atoms with Gasteiger partial charge in [0, 0.05) is 34.8 Å². The second-order valence-corrected chi connectivity index (χ2v) is 7.40. The minimum atomic E-state index is -4.62. The number of para-hydroxylation sites is 1. The molecule has 1 heterocycles.